The van der Waals surface area contributed by atoms with Crippen LogP contribution < -0.4 is 5.32 Å². The van der Waals surface area contributed by atoms with Gasteiger partial charge in [-0.25, -0.2) is 4.98 Å². The zero-order valence-electron chi connectivity index (χ0n) is 19.2. The van der Waals surface area contributed by atoms with Gasteiger partial charge >= 0.3 is 0 Å². The van der Waals surface area contributed by atoms with E-state index in [1.54, 1.807) is 13.2 Å². The number of oxazole rings is 1. The van der Waals surface area contributed by atoms with Crippen molar-refractivity contribution in [3.05, 3.63) is 41.9 Å². The summed E-state index contributed by atoms with van der Waals surface area (Å²) in [6.07, 6.45) is 5.29. The predicted molar refractivity (Wildman–Crippen MR) is 125 cm³/mol. The molecule has 2 aliphatic rings. The molecule has 0 radical (unpaired) electrons. The summed E-state index contributed by atoms with van der Waals surface area (Å²) in [6, 6.07) is 8.22. The van der Waals surface area contributed by atoms with E-state index >= 15 is 0 Å². The number of carbonyl (C=O) groups is 1. The van der Waals surface area contributed by atoms with Crippen molar-refractivity contribution < 1.29 is 9.21 Å². The van der Waals surface area contributed by atoms with Gasteiger partial charge in [-0.05, 0) is 26.2 Å². The highest BCUT2D eigenvalue weighted by molar-refractivity contribution is 5.80. The summed E-state index contributed by atoms with van der Waals surface area (Å²) in [6.45, 7) is 8.30. The highest BCUT2D eigenvalue weighted by Gasteiger charge is 2.24. The Morgan fingerprint density at radius 2 is 1.75 bits per heavy atom. The molecule has 0 spiro atoms. The molecule has 8 heteroatoms. The fourth-order valence-electron chi connectivity index (χ4n) is 4.28. The van der Waals surface area contributed by atoms with Gasteiger partial charge in [0, 0.05) is 51.9 Å². The van der Waals surface area contributed by atoms with Crippen LogP contribution in [0.4, 0.5) is 0 Å². The number of guanidine groups is 1. The topological polar surface area (TPSA) is 77.2 Å². The largest absolute Gasteiger partial charge is 0.439 e. The fourth-order valence-corrected chi connectivity index (χ4v) is 4.28. The van der Waals surface area contributed by atoms with Gasteiger partial charge in [0.05, 0.1) is 19.3 Å². The zero-order chi connectivity index (χ0) is 22.3. The molecule has 0 aliphatic carbocycles. The number of nitrogens with zero attached hydrogens (tertiary/aromatic N) is 5. The number of amides is 1. The minimum Gasteiger partial charge on any atom is -0.439 e. The van der Waals surface area contributed by atoms with Crippen molar-refractivity contribution in [1.82, 2.24) is 25.0 Å². The Balaban J connectivity index is 1.24. The Bertz CT molecular complexity index is 909. The first-order valence-electron chi connectivity index (χ1n) is 11.6. The SMILES string of the molecule is CN=C(NCc1ncc(-c2ccc(C)cc2)o1)N1CCN(CC(=O)N2CCCCC2)CC1. The first kappa shape index (κ1) is 22.3. The van der Waals surface area contributed by atoms with E-state index in [9.17, 15) is 4.79 Å². The fraction of sp³-hybridized carbons (Fsp3) is 0.542. The lowest BCUT2D eigenvalue weighted by molar-refractivity contribution is -0.133. The second kappa shape index (κ2) is 10.6. The van der Waals surface area contributed by atoms with Gasteiger partial charge in [0.15, 0.2) is 11.7 Å². The van der Waals surface area contributed by atoms with Crippen molar-refractivity contribution in [2.75, 3.05) is 52.9 Å². The summed E-state index contributed by atoms with van der Waals surface area (Å²) in [7, 11) is 1.79. The van der Waals surface area contributed by atoms with Crippen molar-refractivity contribution >= 4 is 11.9 Å². The Morgan fingerprint density at radius 1 is 1.03 bits per heavy atom. The number of carbonyl (C=O) groups excluding carboxylic acids is 1. The third-order valence-electron chi connectivity index (χ3n) is 6.24. The summed E-state index contributed by atoms with van der Waals surface area (Å²) in [5, 5.41) is 3.36. The van der Waals surface area contributed by atoms with Gasteiger partial charge in [-0.2, -0.15) is 0 Å². The van der Waals surface area contributed by atoms with E-state index in [0.717, 1.165) is 69.4 Å². The predicted octanol–water partition coefficient (Wildman–Crippen LogP) is 2.36. The normalized spacial score (nSPS) is 18.1. The number of aryl methyl sites for hydroxylation is 1. The van der Waals surface area contributed by atoms with E-state index in [-0.39, 0.29) is 5.91 Å². The molecule has 3 heterocycles. The molecule has 0 bridgehead atoms. The molecular weight excluding hydrogens is 404 g/mol. The van der Waals surface area contributed by atoms with Gasteiger partial charge in [0.2, 0.25) is 11.8 Å². The first-order chi connectivity index (χ1) is 15.6. The molecule has 1 N–H and O–H groups in total. The van der Waals surface area contributed by atoms with Gasteiger partial charge in [-0.15, -0.1) is 0 Å². The minimum absolute atomic E-state index is 0.272. The molecule has 172 valence electrons. The highest BCUT2D eigenvalue weighted by atomic mass is 16.4. The van der Waals surface area contributed by atoms with Crippen molar-refractivity contribution in [2.24, 2.45) is 4.99 Å². The molecule has 0 unspecified atom stereocenters. The maximum absolute atomic E-state index is 12.5. The third kappa shape index (κ3) is 5.68. The number of hydrogen-bond donors (Lipinski definition) is 1. The maximum atomic E-state index is 12.5. The van der Waals surface area contributed by atoms with Gasteiger partial charge in [0.25, 0.3) is 0 Å². The van der Waals surface area contributed by atoms with Crippen molar-refractivity contribution in [2.45, 2.75) is 32.7 Å². The van der Waals surface area contributed by atoms with E-state index in [0.29, 0.717) is 19.0 Å². The number of aliphatic imine (C=N–C) groups is 1. The van der Waals surface area contributed by atoms with E-state index in [4.69, 9.17) is 4.42 Å². The second-order valence-electron chi connectivity index (χ2n) is 8.59. The minimum atomic E-state index is 0.272. The number of hydrogen-bond acceptors (Lipinski definition) is 5. The van der Waals surface area contributed by atoms with Gasteiger partial charge < -0.3 is 19.5 Å². The van der Waals surface area contributed by atoms with Crippen molar-refractivity contribution in [1.29, 1.82) is 0 Å². The zero-order valence-corrected chi connectivity index (χ0v) is 19.2. The smallest absolute Gasteiger partial charge is 0.236 e. The Hall–Kier alpha value is -2.87. The first-order valence-corrected chi connectivity index (χ1v) is 11.6. The summed E-state index contributed by atoms with van der Waals surface area (Å²) in [5.74, 6) is 2.51. The molecule has 1 aromatic carbocycles. The lowest BCUT2D eigenvalue weighted by atomic mass is 10.1. The summed E-state index contributed by atoms with van der Waals surface area (Å²) >= 11 is 0. The summed E-state index contributed by atoms with van der Waals surface area (Å²) in [5.41, 5.74) is 2.24. The van der Waals surface area contributed by atoms with Crippen LogP contribution in [0.25, 0.3) is 11.3 Å². The van der Waals surface area contributed by atoms with Crippen molar-refractivity contribution in [3.8, 4) is 11.3 Å². The number of nitrogens with one attached hydrogen (secondary N) is 1. The van der Waals surface area contributed by atoms with Crippen LogP contribution >= 0.6 is 0 Å². The van der Waals surface area contributed by atoms with E-state index < -0.39 is 0 Å². The summed E-state index contributed by atoms with van der Waals surface area (Å²) < 4.78 is 5.91. The quantitative estimate of drug-likeness (QED) is 0.571. The highest BCUT2D eigenvalue weighted by Crippen LogP contribution is 2.20. The third-order valence-corrected chi connectivity index (χ3v) is 6.24. The molecule has 0 saturated carbocycles. The van der Waals surface area contributed by atoms with Crippen molar-refractivity contribution in [3.63, 3.8) is 0 Å². The molecule has 2 saturated heterocycles. The number of aromatic nitrogens is 1. The molecule has 4 rings (SSSR count). The monoisotopic (exact) mass is 438 g/mol. The Kier molecular flexibility index (Phi) is 7.42. The lowest BCUT2D eigenvalue weighted by Gasteiger charge is -2.37. The van der Waals surface area contributed by atoms with Crippen LogP contribution in [-0.4, -0.2) is 84.4 Å². The van der Waals surface area contributed by atoms with Crippen LogP contribution in [0, 0.1) is 6.92 Å². The average Bonchev–Trinajstić information content (AvgIpc) is 3.30. The Morgan fingerprint density at radius 3 is 2.44 bits per heavy atom. The van der Waals surface area contributed by atoms with Crippen LogP contribution in [0.3, 0.4) is 0 Å². The number of piperidine rings is 1. The molecule has 2 aromatic rings. The van der Waals surface area contributed by atoms with E-state index in [1.165, 1.54) is 12.0 Å². The number of benzene rings is 1. The van der Waals surface area contributed by atoms with Crippen LogP contribution in [0.5, 0.6) is 0 Å². The molecule has 8 nitrogen and oxygen atoms in total. The maximum Gasteiger partial charge on any atom is 0.236 e. The number of likely N-dealkylation sites (tertiary alicyclic amines) is 1. The van der Waals surface area contributed by atoms with Crippen LogP contribution in [0.1, 0.15) is 30.7 Å². The number of rotatable bonds is 5. The molecule has 2 aliphatic heterocycles. The standard InChI is InChI=1S/C24H34N6O2/c1-19-6-8-20(9-7-19)21-16-26-22(32-21)17-27-24(25-2)30-14-12-28(13-15-30)18-23(31)29-10-4-3-5-11-29/h6-9,16H,3-5,10-15,17-18H2,1-2H3,(H,25,27). The van der Waals surface area contributed by atoms with Crippen LogP contribution in [0.2, 0.25) is 0 Å². The summed E-state index contributed by atoms with van der Waals surface area (Å²) in [4.78, 5) is 27.9. The molecule has 1 amide bonds. The Labute approximate surface area is 190 Å². The number of piperazine rings is 1. The molecule has 0 atom stereocenters. The van der Waals surface area contributed by atoms with E-state index in [2.05, 4.69) is 44.1 Å². The van der Waals surface area contributed by atoms with E-state index in [1.807, 2.05) is 17.0 Å². The molecule has 1 aromatic heterocycles. The molecule has 32 heavy (non-hydrogen) atoms. The van der Waals surface area contributed by atoms with Gasteiger partial charge in [-0.3, -0.25) is 14.7 Å². The van der Waals surface area contributed by atoms with Gasteiger partial charge in [0.1, 0.15) is 0 Å². The molecule has 2 fully saturated rings. The average molecular weight is 439 g/mol. The second-order valence-corrected chi connectivity index (χ2v) is 8.59. The van der Waals surface area contributed by atoms with Crippen LogP contribution in [-0.2, 0) is 11.3 Å². The van der Waals surface area contributed by atoms with Crippen LogP contribution in [0.15, 0.2) is 39.9 Å². The lowest BCUT2D eigenvalue weighted by Crippen LogP contribution is -2.54. The molecular formula is C24H34N6O2. The van der Waals surface area contributed by atoms with Gasteiger partial charge in [-0.1, -0.05) is 29.8 Å².